The van der Waals surface area contributed by atoms with Crippen molar-refractivity contribution in [2.24, 2.45) is 5.92 Å². The molecule has 0 radical (unpaired) electrons. The van der Waals surface area contributed by atoms with Gasteiger partial charge in [0.15, 0.2) is 0 Å². The molecule has 7 heteroatoms. The minimum Gasteiger partial charge on any atom is -0.468 e. The van der Waals surface area contributed by atoms with E-state index in [1.807, 2.05) is 0 Å². The average molecular weight is 352 g/mol. The molecule has 0 aromatic carbocycles. The van der Waals surface area contributed by atoms with Crippen molar-refractivity contribution in [2.75, 3.05) is 56.8 Å². The highest BCUT2D eigenvalue weighted by Gasteiger charge is 2.27. The van der Waals surface area contributed by atoms with Crippen molar-refractivity contribution in [1.82, 2.24) is 4.90 Å². The van der Waals surface area contributed by atoms with Crippen LogP contribution in [0.4, 0.5) is 0 Å². The molecule has 22 heavy (non-hydrogen) atoms. The highest BCUT2D eigenvalue weighted by atomic mass is 32.2. The van der Waals surface area contributed by atoms with Crippen molar-refractivity contribution in [1.29, 1.82) is 0 Å². The van der Waals surface area contributed by atoms with E-state index in [1.165, 1.54) is 7.11 Å². The van der Waals surface area contributed by atoms with Gasteiger partial charge in [0.2, 0.25) is 0 Å². The van der Waals surface area contributed by atoms with E-state index in [4.69, 9.17) is 14.2 Å². The van der Waals surface area contributed by atoms with Gasteiger partial charge in [-0.2, -0.15) is 0 Å². The summed E-state index contributed by atoms with van der Waals surface area (Å²) in [6, 6.07) is -0.169. The van der Waals surface area contributed by atoms with Gasteiger partial charge in [-0.1, -0.05) is 13.8 Å². The molecule has 0 aliphatic carbocycles. The molecular weight excluding hydrogens is 322 g/mol. The second kappa shape index (κ2) is 12.5. The fourth-order valence-corrected chi connectivity index (χ4v) is 3.97. The Balaban J connectivity index is 2.62. The summed E-state index contributed by atoms with van der Waals surface area (Å²) in [6.07, 6.45) is 0.820. The first-order valence-electron chi connectivity index (χ1n) is 7.78. The minimum atomic E-state index is -0.169. The third-order valence-electron chi connectivity index (χ3n) is 3.24. The number of ether oxygens (including phenoxy) is 3. The van der Waals surface area contributed by atoms with Gasteiger partial charge in [-0.05, 0) is 12.3 Å². The third kappa shape index (κ3) is 8.62. The fourth-order valence-electron chi connectivity index (χ4n) is 2.12. The van der Waals surface area contributed by atoms with Crippen LogP contribution in [0.5, 0.6) is 0 Å². The lowest BCUT2D eigenvalue weighted by Gasteiger charge is -2.30. The van der Waals surface area contributed by atoms with E-state index < -0.39 is 0 Å². The Morgan fingerprint density at radius 3 is 2.09 bits per heavy atom. The van der Waals surface area contributed by atoms with Gasteiger partial charge in [0, 0.05) is 23.3 Å². The number of thioether (sulfide) groups is 2. The molecule has 0 bridgehead atoms. The van der Waals surface area contributed by atoms with Gasteiger partial charge in [-0.25, -0.2) is 0 Å². The molecule has 1 atom stereocenters. The first kappa shape index (κ1) is 20.1. The molecule has 0 amide bonds. The Bertz CT molecular complexity index is 291. The maximum absolute atomic E-state index is 12.1. The van der Waals surface area contributed by atoms with Gasteiger partial charge >= 0.3 is 5.97 Å². The lowest BCUT2D eigenvalue weighted by molar-refractivity contribution is -0.146. The van der Waals surface area contributed by atoms with E-state index in [-0.39, 0.29) is 12.0 Å². The topological polar surface area (TPSA) is 48.0 Å². The Morgan fingerprint density at radius 1 is 1.09 bits per heavy atom. The highest BCUT2D eigenvalue weighted by molar-refractivity contribution is 8.00. The highest BCUT2D eigenvalue weighted by Crippen LogP contribution is 2.19. The Labute approximate surface area is 142 Å². The second-order valence-corrected chi connectivity index (χ2v) is 7.71. The van der Waals surface area contributed by atoms with Crippen LogP contribution < -0.4 is 0 Å². The summed E-state index contributed by atoms with van der Waals surface area (Å²) >= 11 is 3.61. The molecular formula is C15H29NO4S2. The predicted molar refractivity (Wildman–Crippen MR) is 93.4 cm³/mol. The van der Waals surface area contributed by atoms with Crippen molar-refractivity contribution in [3.8, 4) is 0 Å². The molecule has 0 aromatic rings. The first-order chi connectivity index (χ1) is 10.6. The zero-order chi connectivity index (χ0) is 16.2. The van der Waals surface area contributed by atoms with Crippen molar-refractivity contribution < 1.29 is 19.0 Å². The Morgan fingerprint density at radius 2 is 1.64 bits per heavy atom. The Hall–Kier alpha value is 0.0500. The summed E-state index contributed by atoms with van der Waals surface area (Å²) in [5.41, 5.74) is 0. The summed E-state index contributed by atoms with van der Waals surface area (Å²) in [5, 5.41) is 0. The largest absolute Gasteiger partial charge is 0.468 e. The summed E-state index contributed by atoms with van der Waals surface area (Å²) in [4.78, 5) is 14.4. The van der Waals surface area contributed by atoms with Gasteiger partial charge in [0.05, 0.1) is 33.5 Å². The molecule has 0 saturated carbocycles. The monoisotopic (exact) mass is 351 g/mol. The van der Waals surface area contributed by atoms with Crippen LogP contribution >= 0.6 is 23.5 Å². The van der Waals surface area contributed by atoms with Crippen LogP contribution in [0, 0.1) is 5.92 Å². The summed E-state index contributed by atoms with van der Waals surface area (Å²) in [6.45, 7) is 7.04. The zero-order valence-electron chi connectivity index (χ0n) is 13.9. The standard InChI is InChI=1S/C15H29NO4S2/c1-13(2)10-14(15(17)18-3)16-11-21-8-6-19-4-5-20-7-9-22-12-16/h13-14H,4-12H2,1-3H3. The predicted octanol–water partition coefficient (Wildman–Crippen LogP) is 2.30. The van der Waals surface area contributed by atoms with Crippen LogP contribution in [0.2, 0.25) is 0 Å². The van der Waals surface area contributed by atoms with E-state index in [0.717, 1.165) is 42.9 Å². The number of esters is 1. The molecule has 5 nitrogen and oxygen atoms in total. The smallest absolute Gasteiger partial charge is 0.323 e. The second-order valence-electron chi connectivity index (χ2n) is 5.56. The summed E-state index contributed by atoms with van der Waals surface area (Å²) < 4.78 is 16.0. The van der Waals surface area contributed by atoms with Crippen LogP contribution in [-0.4, -0.2) is 73.7 Å². The first-order valence-corrected chi connectivity index (χ1v) is 10.1. The van der Waals surface area contributed by atoms with Gasteiger partial charge in [-0.15, -0.1) is 23.5 Å². The molecule has 1 saturated heterocycles. The number of nitrogens with zero attached hydrogens (tertiary/aromatic N) is 1. The van der Waals surface area contributed by atoms with E-state index in [9.17, 15) is 4.79 Å². The number of carbonyl (C=O) groups is 1. The molecule has 1 rings (SSSR count). The molecule has 1 heterocycles. The zero-order valence-corrected chi connectivity index (χ0v) is 15.5. The van der Waals surface area contributed by atoms with Gasteiger partial charge < -0.3 is 14.2 Å². The van der Waals surface area contributed by atoms with Crippen molar-refractivity contribution in [3.63, 3.8) is 0 Å². The van der Waals surface area contributed by atoms with Gasteiger partial charge in [-0.3, -0.25) is 9.69 Å². The lowest BCUT2D eigenvalue weighted by Crippen LogP contribution is -2.42. The SMILES string of the molecule is COC(=O)C(CC(C)C)N1CSCCOCCOCCSC1. The maximum atomic E-state index is 12.1. The fraction of sp³-hybridized carbons (Fsp3) is 0.933. The number of hydrogen-bond donors (Lipinski definition) is 0. The number of rotatable bonds is 4. The quantitative estimate of drug-likeness (QED) is 0.720. The Kier molecular flexibility index (Phi) is 11.4. The van der Waals surface area contributed by atoms with Crippen LogP contribution in [-0.2, 0) is 19.0 Å². The van der Waals surface area contributed by atoms with Crippen LogP contribution in [0.15, 0.2) is 0 Å². The van der Waals surface area contributed by atoms with Gasteiger partial charge in [0.25, 0.3) is 0 Å². The number of carbonyl (C=O) groups excluding carboxylic acids is 1. The number of hydrogen-bond acceptors (Lipinski definition) is 7. The van der Waals surface area contributed by atoms with Crippen molar-refractivity contribution >= 4 is 29.5 Å². The van der Waals surface area contributed by atoms with E-state index >= 15 is 0 Å². The van der Waals surface area contributed by atoms with E-state index in [2.05, 4.69) is 18.7 Å². The molecule has 0 N–H and O–H groups in total. The molecule has 1 aliphatic rings. The lowest BCUT2D eigenvalue weighted by atomic mass is 10.0. The molecule has 0 aromatic heterocycles. The van der Waals surface area contributed by atoms with Crippen molar-refractivity contribution in [2.45, 2.75) is 26.3 Å². The summed E-state index contributed by atoms with van der Waals surface area (Å²) in [5.74, 6) is 3.82. The molecule has 130 valence electrons. The maximum Gasteiger partial charge on any atom is 0.323 e. The summed E-state index contributed by atoms with van der Waals surface area (Å²) in [7, 11) is 1.47. The normalized spacial score (nSPS) is 21.5. The average Bonchev–Trinajstić information content (AvgIpc) is 2.52. The van der Waals surface area contributed by atoms with Crippen LogP contribution in [0.1, 0.15) is 20.3 Å². The van der Waals surface area contributed by atoms with Crippen LogP contribution in [0.3, 0.4) is 0 Å². The molecule has 1 fully saturated rings. The molecule has 1 unspecified atom stereocenters. The minimum absolute atomic E-state index is 0.133. The van der Waals surface area contributed by atoms with Crippen molar-refractivity contribution in [3.05, 3.63) is 0 Å². The van der Waals surface area contributed by atoms with Crippen LogP contribution in [0.25, 0.3) is 0 Å². The van der Waals surface area contributed by atoms with E-state index in [0.29, 0.717) is 19.1 Å². The number of methoxy groups -OCH3 is 1. The molecule has 0 spiro atoms. The molecule has 1 aliphatic heterocycles. The van der Waals surface area contributed by atoms with Gasteiger partial charge in [0.1, 0.15) is 6.04 Å². The van der Waals surface area contributed by atoms with E-state index in [1.54, 1.807) is 23.5 Å². The third-order valence-corrected chi connectivity index (χ3v) is 5.18.